The molecule has 0 radical (unpaired) electrons. The Bertz CT molecular complexity index is 1060. The van der Waals surface area contributed by atoms with E-state index < -0.39 is 24.3 Å². The number of pyridine rings is 1. The third-order valence-corrected chi connectivity index (χ3v) is 6.23. The number of halogens is 6. The minimum atomic E-state index is -5.08. The molecule has 2 N–H and O–H groups in total. The number of alkyl halides is 6. The van der Waals surface area contributed by atoms with Gasteiger partial charge >= 0.3 is 24.3 Å². The minimum absolute atomic E-state index is 0.269. The predicted molar refractivity (Wildman–Crippen MR) is 129 cm³/mol. The van der Waals surface area contributed by atoms with Crippen molar-refractivity contribution in [1.82, 2.24) is 19.8 Å². The van der Waals surface area contributed by atoms with Crippen molar-refractivity contribution in [2.45, 2.75) is 38.0 Å². The molecule has 0 aromatic carbocycles. The summed E-state index contributed by atoms with van der Waals surface area (Å²) in [6.07, 6.45) is -8.31. The van der Waals surface area contributed by atoms with Crippen molar-refractivity contribution in [3.8, 4) is 0 Å². The standard InChI is InChI=1S/C19H26N4O2S.2C2HF3O2/c1-16-21-18(12-26-16)11-22-6-8-24-15-19(13-22)14-23(7-9-25-19)10-17-4-2-3-5-20-17;2*3-2(4,5)1(6)7/h2-5,12H,6-11,13-15H2,1H3;2*(H,6,7). The van der Waals surface area contributed by atoms with Gasteiger partial charge in [-0.05, 0) is 19.1 Å². The van der Waals surface area contributed by atoms with Crippen molar-refractivity contribution in [2.75, 3.05) is 46.0 Å². The number of aryl methyl sites for hydroxylation is 1. The fraction of sp³-hybridized carbons (Fsp3) is 0.565. The second-order valence-electron chi connectivity index (χ2n) is 8.79. The predicted octanol–water partition coefficient (Wildman–Crippen LogP) is 3.22. The summed E-state index contributed by atoms with van der Waals surface area (Å²) in [6.45, 7) is 9.51. The molecule has 2 aliphatic heterocycles. The summed E-state index contributed by atoms with van der Waals surface area (Å²) in [6, 6.07) is 6.09. The number of nitrogens with zero attached hydrogens (tertiary/aromatic N) is 4. The van der Waals surface area contributed by atoms with E-state index in [0.717, 1.165) is 68.9 Å². The number of hydrogen-bond acceptors (Lipinski definition) is 9. The lowest BCUT2D eigenvalue weighted by atomic mass is 10.0. The number of morpholine rings is 1. The molecule has 1 spiro atoms. The summed E-state index contributed by atoms with van der Waals surface area (Å²) in [5, 5.41) is 17.5. The first-order valence-electron chi connectivity index (χ1n) is 11.7. The van der Waals surface area contributed by atoms with Crippen LogP contribution in [-0.2, 0) is 32.2 Å². The van der Waals surface area contributed by atoms with E-state index >= 15 is 0 Å². The van der Waals surface area contributed by atoms with Gasteiger partial charge in [0.1, 0.15) is 5.60 Å². The smallest absolute Gasteiger partial charge is 0.475 e. The van der Waals surface area contributed by atoms with Crippen molar-refractivity contribution < 1.29 is 55.6 Å². The molecule has 2 saturated heterocycles. The molecule has 2 aromatic heterocycles. The number of rotatable bonds is 4. The van der Waals surface area contributed by atoms with Gasteiger partial charge in [0.15, 0.2) is 0 Å². The average molecular weight is 603 g/mol. The van der Waals surface area contributed by atoms with Gasteiger partial charge in [-0.15, -0.1) is 11.3 Å². The van der Waals surface area contributed by atoms with E-state index in [-0.39, 0.29) is 5.60 Å². The van der Waals surface area contributed by atoms with Crippen LogP contribution in [0.3, 0.4) is 0 Å². The molecule has 0 saturated carbocycles. The molecule has 2 fully saturated rings. The number of aromatic nitrogens is 2. The number of carboxylic acid groups (broad SMARTS) is 2. The first-order valence-corrected chi connectivity index (χ1v) is 12.6. The Morgan fingerprint density at radius 2 is 1.52 bits per heavy atom. The van der Waals surface area contributed by atoms with Crippen LogP contribution in [0.15, 0.2) is 29.8 Å². The fourth-order valence-electron chi connectivity index (χ4n) is 3.79. The fourth-order valence-corrected chi connectivity index (χ4v) is 4.39. The lowest BCUT2D eigenvalue weighted by molar-refractivity contribution is -0.193. The Hall–Kier alpha value is -2.86. The molecule has 40 heavy (non-hydrogen) atoms. The maximum absolute atomic E-state index is 10.6. The number of carbonyl (C=O) groups is 2. The lowest BCUT2D eigenvalue weighted by Gasteiger charge is -2.43. The van der Waals surface area contributed by atoms with Crippen molar-refractivity contribution in [1.29, 1.82) is 0 Å². The van der Waals surface area contributed by atoms with E-state index in [1.807, 2.05) is 18.3 Å². The zero-order chi connectivity index (χ0) is 30.0. The molecule has 1 atom stereocenters. The number of aliphatic carboxylic acids is 2. The van der Waals surface area contributed by atoms with Crippen LogP contribution in [-0.4, -0.2) is 106 Å². The van der Waals surface area contributed by atoms with Crippen LogP contribution in [0.4, 0.5) is 26.3 Å². The third kappa shape index (κ3) is 11.7. The first kappa shape index (κ1) is 33.3. The Labute approximate surface area is 229 Å². The molecule has 4 rings (SSSR count). The van der Waals surface area contributed by atoms with E-state index in [4.69, 9.17) is 29.3 Å². The topological polar surface area (TPSA) is 125 Å². The quantitative estimate of drug-likeness (QED) is 0.504. The van der Waals surface area contributed by atoms with Crippen LogP contribution in [0.5, 0.6) is 0 Å². The zero-order valence-electron chi connectivity index (χ0n) is 21.2. The minimum Gasteiger partial charge on any atom is -0.475 e. The molecule has 17 heteroatoms. The molecular weight excluding hydrogens is 574 g/mol. The second-order valence-corrected chi connectivity index (χ2v) is 9.85. The van der Waals surface area contributed by atoms with Crippen molar-refractivity contribution in [3.05, 3.63) is 46.2 Å². The number of hydrogen-bond donors (Lipinski definition) is 2. The molecule has 0 aliphatic carbocycles. The van der Waals surface area contributed by atoms with Gasteiger partial charge in [-0.1, -0.05) is 6.07 Å². The highest BCUT2D eigenvalue weighted by molar-refractivity contribution is 7.09. The molecule has 4 heterocycles. The summed E-state index contributed by atoms with van der Waals surface area (Å²) >= 11 is 1.71. The van der Waals surface area contributed by atoms with Crippen molar-refractivity contribution in [3.63, 3.8) is 0 Å². The van der Waals surface area contributed by atoms with E-state index in [1.165, 1.54) is 0 Å². The largest absolute Gasteiger partial charge is 0.490 e. The zero-order valence-corrected chi connectivity index (χ0v) is 22.1. The number of thiazole rings is 1. The van der Waals surface area contributed by atoms with Gasteiger partial charge in [0.2, 0.25) is 0 Å². The molecular formula is C23H28F6N4O6S. The van der Waals surface area contributed by atoms with Crippen molar-refractivity contribution in [2.24, 2.45) is 0 Å². The van der Waals surface area contributed by atoms with Gasteiger partial charge in [-0.25, -0.2) is 14.6 Å². The molecule has 0 amide bonds. The van der Waals surface area contributed by atoms with E-state index in [0.29, 0.717) is 6.61 Å². The van der Waals surface area contributed by atoms with E-state index in [2.05, 4.69) is 38.1 Å². The lowest BCUT2D eigenvalue weighted by Crippen LogP contribution is -2.58. The normalized spacial score (nSPS) is 20.5. The van der Waals surface area contributed by atoms with E-state index in [1.54, 1.807) is 11.3 Å². The molecule has 2 aromatic rings. The summed E-state index contributed by atoms with van der Waals surface area (Å²) < 4.78 is 75.7. The van der Waals surface area contributed by atoms with Crippen LogP contribution >= 0.6 is 11.3 Å². The van der Waals surface area contributed by atoms with Crippen LogP contribution in [0.25, 0.3) is 0 Å². The Balaban J connectivity index is 0.000000333. The van der Waals surface area contributed by atoms with Crippen molar-refractivity contribution >= 4 is 23.3 Å². The van der Waals surface area contributed by atoms with Gasteiger partial charge in [0, 0.05) is 50.8 Å². The third-order valence-electron chi connectivity index (χ3n) is 5.41. The van der Waals surface area contributed by atoms with E-state index in [9.17, 15) is 26.3 Å². The highest BCUT2D eigenvalue weighted by Gasteiger charge is 2.41. The second kappa shape index (κ2) is 14.7. The Morgan fingerprint density at radius 1 is 0.975 bits per heavy atom. The maximum atomic E-state index is 10.6. The maximum Gasteiger partial charge on any atom is 0.490 e. The molecule has 224 valence electrons. The van der Waals surface area contributed by atoms with Crippen LogP contribution in [0.2, 0.25) is 0 Å². The molecule has 0 bridgehead atoms. The van der Waals surface area contributed by atoms with Gasteiger partial charge in [0.05, 0.1) is 36.2 Å². The Morgan fingerprint density at radius 3 is 2.00 bits per heavy atom. The summed E-state index contributed by atoms with van der Waals surface area (Å²) in [5.41, 5.74) is 1.98. The number of carboxylic acids is 2. The summed E-state index contributed by atoms with van der Waals surface area (Å²) in [7, 11) is 0. The highest BCUT2D eigenvalue weighted by atomic mass is 32.1. The average Bonchev–Trinajstić information content (AvgIpc) is 3.16. The van der Waals surface area contributed by atoms with Gasteiger partial charge in [-0.2, -0.15) is 26.3 Å². The molecule has 1 unspecified atom stereocenters. The van der Waals surface area contributed by atoms with Gasteiger partial charge in [-0.3, -0.25) is 14.8 Å². The highest BCUT2D eigenvalue weighted by Crippen LogP contribution is 2.25. The molecule has 10 nitrogen and oxygen atoms in total. The van der Waals surface area contributed by atoms with Gasteiger partial charge < -0.3 is 19.7 Å². The van der Waals surface area contributed by atoms with Crippen LogP contribution < -0.4 is 0 Å². The molecule has 2 aliphatic rings. The monoisotopic (exact) mass is 602 g/mol. The Kier molecular flexibility index (Phi) is 12.2. The van der Waals surface area contributed by atoms with Crippen LogP contribution in [0.1, 0.15) is 16.4 Å². The first-order chi connectivity index (χ1) is 18.6. The number of ether oxygens (including phenoxy) is 2. The van der Waals surface area contributed by atoms with Crippen LogP contribution in [0, 0.1) is 6.92 Å². The summed E-state index contributed by atoms with van der Waals surface area (Å²) in [4.78, 5) is 31.7. The summed E-state index contributed by atoms with van der Waals surface area (Å²) in [5.74, 6) is -5.51. The van der Waals surface area contributed by atoms with Gasteiger partial charge in [0.25, 0.3) is 0 Å². The SMILES string of the molecule is Cc1nc(CN2CCOCC3(CN(Cc4ccccn4)CCO3)C2)cs1.O=C(O)C(F)(F)F.O=C(O)C(F)(F)F.